The summed E-state index contributed by atoms with van der Waals surface area (Å²) in [5, 5.41) is 5.64. The minimum atomic E-state index is -0.443. The van der Waals surface area contributed by atoms with Crippen LogP contribution >= 0.6 is 0 Å². The lowest BCUT2D eigenvalue weighted by Gasteiger charge is -2.16. The Bertz CT molecular complexity index is 1240. The van der Waals surface area contributed by atoms with Gasteiger partial charge in [0.05, 0.1) is 17.1 Å². The van der Waals surface area contributed by atoms with Gasteiger partial charge in [-0.05, 0) is 49.4 Å². The molecule has 3 aromatic carbocycles. The van der Waals surface area contributed by atoms with Crippen LogP contribution in [0.15, 0.2) is 78.9 Å². The molecule has 0 aliphatic rings. The molecule has 0 fully saturated rings. The number of anilines is 1. The first-order chi connectivity index (χ1) is 15.0. The molecule has 0 radical (unpaired) electrons. The molecule has 2 amide bonds. The molecule has 0 aliphatic carbocycles. The predicted molar refractivity (Wildman–Crippen MR) is 117 cm³/mol. The molecule has 4 aromatic rings. The van der Waals surface area contributed by atoms with Gasteiger partial charge in [-0.25, -0.2) is 9.37 Å². The molecule has 1 heterocycles. The fraction of sp³-hybridized carbons (Fsp3) is 0.125. The Labute approximate surface area is 178 Å². The Morgan fingerprint density at radius 3 is 2.52 bits per heavy atom. The number of carbonyl (C=O) groups is 2. The molecular weight excluding hydrogens is 395 g/mol. The van der Waals surface area contributed by atoms with Gasteiger partial charge < -0.3 is 15.2 Å². The molecule has 156 valence electrons. The van der Waals surface area contributed by atoms with E-state index in [-0.39, 0.29) is 18.4 Å². The Balaban J connectivity index is 1.59. The molecule has 0 spiro atoms. The topological polar surface area (TPSA) is 76.0 Å². The zero-order valence-electron chi connectivity index (χ0n) is 16.9. The summed E-state index contributed by atoms with van der Waals surface area (Å²) < 4.78 is 15.2. The van der Waals surface area contributed by atoms with E-state index < -0.39 is 11.9 Å². The van der Waals surface area contributed by atoms with Gasteiger partial charge in [0, 0.05) is 11.3 Å². The number of halogens is 1. The maximum absolute atomic E-state index is 13.4. The van der Waals surface area contributed by atoms with E-state index in [0.717, 1.165) is 11.0 Å². The van der Waals surface area contributed by atoms with E-state index >= 15 is 0 Å². The lowest BCUT2D eigenvalue weighted by molar-refractivity contribution is -0.116. The highest BCUT2D eigenvalue weighted by Crippen LogP contribution is 2.21. The van der Waals surface area contributed by atoms with Crippen LogP contribution in [0.5, 0.6) is 0 Å². The summed E-state index contributed by atoms with van der Waals surface area (Å²) in [4.78, 5) is 29.9. The van der Waals surface area contributed by atoms with Gasteiger partial charge in [0.25, 0.3) is 5.91 Å². The zero-order valence-corrected chi connectivity index (χ0v) is 16.9. The number of carbonyl (C=O) groups excluding carboxylic acids is 2. The zero-order chi connectivity index (χ0) is 21.8. The molecule has 0 saturated heterocycles. The van der Waals surface area contributed by atoms with Gasteiger partial charge in [0.1, 0.15) is 18.2 Å². The lowest BCUT2D eigenvalue weighted by atomic mass is 10.2. The van der Waals surface area contributed by atoms with Crippen LogP contribution in [-0.2, 0) is 11.3 Å². The Hall–Kier alpha value is -4.00. The van der Waals surface area contributed by atoms with Crippen LogP contribution < -0.4 is 10.6 Å². The van der Waals surface area contributed by atoms with Crippen molar-refractivity contribution >= 4 is 28.5 Å². The standard InChI is InChI=1S/C24H21FN4O2/c1-16(26-24(31)17-8-3-2-4-9-17)23-28-20-12-5-6-13-21(20)29(23)15-22(30)27-19-11-7-10-18(25)14-19/h2-14,16H,15H2,1H3,(H,26,31)(H,27,30). The number of amides is 2. The van der Waals surface area contributed by atoms with Gasteiger partial charge in [-0.3, -0.25) is 9.59 Å². The number of aromatic nitrogens is 2. The van der Waals surface area contributed by atoms with Crippen molar-refractivity contribution in [2.75, 3.05) is 5.32 Å². The van der Waals surface area contributed by atoms with Crippen molar-refractivity contribution < 1.29 is 14.0 Å². The van der Waals surface area contributed by atoms with Crippen LogP contribution in [0.3, 0.4) is 0 Å². The van der Waals surface area contributed by atoms with Crippen LogP contribution in [0.1, 0.15) is 29.1 Å². The Morgan fingerprint density at radius 2 is 1.74 bits per heavy atom. The van der Waals surface area contributed by atoms with E-state index in [2.05, 4.69) is 15.6 Å². The summed E-state index contributed by atoms with van der Waals surface area (Å²) in [6, 6.07) is 21.6. The van der Waals surface area contributed by atoms with Crippen LogP contribution in [-0.4, -0.2) is 21.4 Å². The number of nitrogens with zero attached hydrogens (tertiary/aromatic N) is 2. The SMILES string of the molecule is CC(NC(=O)c1ccccc1)c1nc2ccccc2n1CC(=O)Nc1cccc(F)c1. The van der Waals surface area contributed by atoms with Crippen LogP contribution in [0.25, 0.3) is 11.0 Å². The van der Waals surface area contributed by atoms with Crippen molar-refractivity contribution in [3.05, 3.63) is 96.1 Å². The van der Waals surface area contributed by atoms with Gasteiger partial charge in [0.15, 0.2) is 0 Å². The van der Waals surface area contributed by atoms with Gasteiger partial charge in [-0.15, -0.1) is 0 Å². The molecule has 6 nitrogen and oxygen atoms in total. The summed E-state index contributed by atoms with van der Waals surface area (Å²) in [5.41, 5.74) is 2.41. The summed E-state index contributed by atoms with van der Waals surface area (Å²) in [6.07, 6.45) is 0. The third-order valence-electron chi connectivity index (χ3n) is 4.87. The van der Waals surface area contributed by atoms with Crippen molar-refractivity contribution in [2.24, 2.45) is 0 Å². The number of nitrogens with one attached hydrogen (secondary N) is 2. The minimum Gasteiger partial charge on any atom is -0.342 e. The van der Waals surface area contributed by atoms with E-state index in [9.17, 15) is 14.0 Å². The first kappa shape index (κ1) is 20.3. The number of rotatable bonds is 6. The molecule has 4 rings (SSSR count). The number of imidazole rings is 1. The lowest BCUT2D eigenvalue weighted by Crippen LogP contribution is -2.30. The third-order valence-corrected chi connectivity index (χ3v) is 4.87. The Kier molecular flexibility index (Phi) is 5.75. The number of fused-ring (bicyclic) bond motifs is 1. The van der Waals surface area contributed by atoms with E-state index in [1.165, 1.54) is 18.2 Å². The molecule has 1 aromatic heterocycles. The molecular formula is C24H21FN4O2. The second-order valence-corrected chi connectivity index (χ2v) is 7.16. The number of benzene rings is 3. The molecule has 2 N–H and O–H groups in total. The first-order valence-electron chi connectivity index (χ1n) is 9.88. The maximum atomic E-state index is 13.4. The fourth-order valence-corrected chi connectivity index (χ4v) is 3.44. The maximum Gasteiger partial charge on any atom is 0.251 e. The quantitative estimate of drug-likeness (QED) is 0.492. The highest BCUT2D eigenvalue weighted by atomic mass is 19.1. The fourth-order valence-electron chi connectivity index (χ4n) is 3.44. The van der Waals surface area contributed by atoms with Crippen molar-refractivity contribution in [3.63, 3.8) is 0 Å². The van der Waals surface area contributed by atoms with Crippen LogP contribution in [0, 0.1) is 5.82 Å². The molecule has 0 aliphatic heterocycles. The second-order valence-electron chi connectivity index (χ2n) is 7.16. The van der Waals surface area contributed by atoms with Crippen molar-refractivity contribution in [1.29, 1.82) is 0 Å². The number of hydrogen-bond acceptors (Lipinski definition) is 3. The van der Waals surface area contributed by atoms with E-state index in [0.29, 0.717) is 17.1 Å². The summed E-state index contributed by atoms with van der Waals surface area (Å²) >= 11 is 0. The first-order valence-corrected chi connectivity index (χ1v) is 9.88. The molecule has 0 bridgehead atoms. The highest BCUT2D eigenvalue weighted by Gasteiger charge is 2.20. The molecule has 0 saturated carbocycles. The minimum absolute atomic E-state index is 0.0299. The van der Waals surface area contributed by atoms with E-state index in [1.54, 1.807) is 34.9 Å². The van der Waals surface area contributed by atoms with Crippen molar-refractivity contribution in [3.8, 4) is 0 Å². The third kappa shape index (κ3) is 4.61. The van der Waals surface area contributed by atoms with Crippen LogP contribution in [0.2, 0.25) is 0 Å². The van der Waals surface area contributed by atoms with Crippen molar-refractivity contribution in [2.45, 2.75) is 19.5 Å². The molecule has 31 heavy (non-hydrogen) atoms. The molecule has 7 heteroatoms. The normalized spacial score (nSPS) is 11.8. The van der Waals surface area contributed by atoms with Gasteiger partial charge in [-0.1, -0.05) is 36.4 Å². The second kappa shape index (κ2) is 8.79. The van der Waals surface area contributed by atoms with Gasteiger partial charge in [-0.2, -0.15) is 0 Å². The smallest absolute Gasteiger partial charge is 0.251 e. The average Bonchev–Trinajstić information content (AvgIpc) is 3.13. The summed E-state index contributed by atoms with van der Waals surface area (Å²) in [7, 11) is 0. The summed E-state index contributed by atoms with van der Waals surface area (Å²) in [5.74, 6) is -0.420. The molecule has 1 atom stereocenters. The van der Waals surface area contributed by atoms with E-state index in [4.69, 9.17) is 0 Å². The van der Waals surface area contributed by atoms with E-state index in [1.807, 2.05) is 37.3 Å². The number of para-hydroxylation sites is 2. The van der Waals surface area contributed by atoms with Gasteiger partial charge in [0.2, 0.25) is 5.91 Å². The summed E-state index contributed by atoms with van der Waals surface area (Å²) in [6.45, 7) is 1.79. The monoisotopic (exact) mass is 416 g/mol. The Morgan fingerprint density at radius 1 is 1.00 bits per heavy atom. The average molecular weight is 416 g/mol. The highest BCUT2D eigenvalue weighted by molar-refractivity contribution is 5.94. The van der Waals surface area contributed by atoms with Gasteiger partial charge >= 0.3 is 0 Å². The number of hydrogen-bond donors (Lipinski definition) is 2. The predicted octanol–water partition coefficient (Wildman–Crippen LogP) is 4.31. The van der Waals surface area contributed by atoms with Crippen molar-refractivity contribution in [1.82, 2.24) is 14.9 Å². The molecule has 1 unspecified atom stereocenters. The largest absolute Gasteiger partial charge is 0.342 e. The van der Waals surface area contributed by atoms with Crippen LogP contribution in [0.4, 0.5) is 10.1 Å².